The number of piperidine rings is 1. The minimum atomic E-state index is -0.130. The molecule has 0 spiro atoms. The van der Waals surface area contributed by atoms with Crippen LogP contribution in [0, 0.1) is 5.92 Å². The molecule has 1 aliphatic heterocycles. The van der Waals surface area contributed by atoms with Crippen LogP contribution in [0.1, 0.15) is 19.8 Å². The van der Waals surface area contributed by atoms with Gasteiger partial charge in [0.05, 0.1) is 12.5 Å². The van der Waals surface area contributed by atoms with Crippen LogP contribution in [0.4, 0.5) is 0 Å². The molecule has 0 aliphatic carbocycles. The Morgan fingerprint density at radius 2 is 2.54 bits per heavy atom. The van der Waals surface area contributed by atoms with E-state index in [0.717, 1.165) is 25.9 Å². The fraction of sp³-hybridized carbons (Fsp3) is 0.889. The van der Waals surface area contributed by atoms with Gasteiger partial charge >= 0.3 is 0 Å². The minimum absolute atomic E-state index is 0.00584. The molecule has 2 atom stereocenters. The summed E-state index contributed by atoms with van der Waals surface area (Å²) in [5, 5.41) is 14.7. The molecule has 0 bridgehead atoms. The van der Waals surface area contributed by atoms with Gasteiger partial charge in [-0.15, -0.1) is 0 Å². The second-order valence-electron chi connectivity index (χ2n) is 3.64. The maximum atomic E-state index is 11.5. The molecule has 1 saturated heterocycles. The Morgan fingerprint density at radius 3 is 3.08 bits per heavy atom. The van der Waals surface area contributed by atoms with Crippen LogP contribution >= 0.6 is 0 Å². The SMILES string of the molecule is C[C@@H](CO)NC(=O)C1CCCNC1. The Bertz CT molecular complexity index is 167. The van der Waals surface area contributed by atoms with E-state index in [1.54, 1.807) is 6.92 Å². The normalized spacial score (nSPS) is 25.2. The number of nitrogens with one attached hydrogen (secondary N) is 2. The van der Waals surface area contributed by atoms with Crippen LogP contribution in [0.15, 0.2) is 0 Å². The molecular weight excluding hydrogens is 168 g/mol. The van der Waals surface area contributed by atoms with Crippen molar-refractivity contribution >= 4 is 5.91 Å². The summed E-state index contributed by atoms with van der Waals surface area (Å²) >= 11 is 0. The zero-order valence-electron chi connectivity index (χ0n) is 8.05. The van der Waals surface area contributed by atoms with Crippen molar-refractivity contribution in [3.8, 4) is 0 Å². The highest BCUT2D eigenvalue weighted by Gasteiger charge is 2.21. The van der Waals surface area contributed by atoms with Gasteiger partial charge in [0.15, 0.2) is 0 Å². The number of amides is 1. The molecule has 3 N–H and O–H groups in total. The van der Waals surface area contributed by atoms with Gasteiger partial charge in [-0.1, -0.05) is 0 Å². The molecule has 4 heteroatoms. The van der Waals surface area contributed by atoms with Crippen molar-refractivity contribution in [2.24, 2.45) is 5.92 Å². The molecule has 13 heavy (non-hydrogen) atoms. The van der Waals surface area contributed by atoms with Gasteiger partial charge in [0.2, 0.25) is 5.91 Å². The molecule has 1 fully saturated rings. The molecule has 0 aromatic heterocycles. The third-order valence-corrected chi connectivity index (χ3v) is 2.33. The number of aliphatic hydroxyl groups excluding tert-OH is 1. The van der Waals surface area contributed by atoms with E-state index < -0.39 is 0 Å². The molecule has 1 amide bonds. The molecule has 1 rings (SSSR count). The highest BCUT2D eigenvalue weighted by molar-refractivity contribution is 5.79. The summed E-state index contributed by atoms with van der Waals surface area (Å²) in [6.45, 7) is 3.59. The van der Waals surface area contributed by atoms with Crippen LogP contribution in [0.3, 0.4) is 0 Å². The lowest BCUT2D eigenvalue weighted by Gasteiger charge is -2.23. The average Bonchev–Trinajstić information content (AvgIpc) is 2.19. The molecule has 0 radical (unpaired) electrons. The maximum Gasteiger partial charge on any atom is 0.224 e. The second-order valence-corrected chi connectivity index (χ2v) is 3.64. The third-order valence-electron chi connectivity index (χ3n) is 2.33. The number of carbonyl (C=O) groups excluding carboxylic acids is 1. The fourth-order valence-electron chi connectivity index (χ4n) is 1.48. The van der Waals surface area contributed by atoms with Gasteiger partial charge in [-0.05, 0) is 26.3 Å². The lowest BCUT2D eigenvalue weighted by atomic mass is 9.98. The minimum Gasteiger partial charge on any atom is -0.394 e. The standard InChI is InChI=1S/C9H18N2O2/c1-7(6-12)11-9(13)8-3-2-4-10-5-8/h7-8,10,12H,2-6H2,1H3,(H,11,13)/t7-,8?/m0/s1. The largest absolute Gasteiger partial charge is 0.394 e. The van der Waals surface area contributed by atoms with Gasteiger partial charge in [-0.25, -0.2) is 0 Å². The van der Waals surface area contributed by atoms with E-state index in [-0.39, 0.29) is 24.5 Å². The molecular formula is C9H18N2O2. The van der Waals surface area contributed by atoms with Gasteiger partial charge in [-0.3, -0.25) is 4.79 Å². The molecule has 76 valence electrons. The van der Waals surface area contributed by atoms with E-state index in [4.69, 9.17) is 5.11 Å². The van der Waals surface area contributed by atoms with E-state index >= 15 is 0 Å². The van der Waals surface area contributed by atoms with Crippen LogP contribution < -0.4 is 10.6 Å². The van der Waals surface area contributed by atoms with Crippen molar-refractivity contribution in [2.75, 3.05) is 19.7 Å². The first-order valence-corrected chi connectivity index (χ1v) is 4.86. The summed E-state index contributed by atoms with van der Waals surface area (Å²) in [6, 6.07) is -0.130. The van der Waals surface area contributed by atoms with Gasteiger partial charge < -0.3 is 15.7 Å². The molecule has 0 aromatic rings. The van der Waals surface area contributed by atoms with E-state index in [1.807, 2.05) is 0 Å². The van der Waals surface area contributed by atoms with Crippen molar-refractivity contribution in [2.45, 2.75) is 25.8 Å². The zero-order chi connectivity index (χ0) is 9.68. The van der Waals surface area contributed by atoms with Crippen LogP contribution in [0.25, 0.3) is 0 Å². The summed E-state index contributed by atoms with van der Waals surface area (Å²) in [7, 11) is 0. The number of hydrogen-bond acceptors (Lipinski definition) is 3. The quantitative estimate of drug-likeness (QED) is 0.556. The van der Waals surface area contributed by atoms with E-state index in [2.05, 4.69) is 10.6 Å². The van der Waals surface area contributed by atoms with E-state index in [1.165, 1.54) is 0 Å². The second kappa shape index (κ2) is 5.19. The highest BCUT2D eigenvalue weighted by atomic mass is 16.3. The molecule has 1 heterocycles. The molecule has 4 nitrogen and oxygen atoms in total. The van der Waals surface area contributed by atoms with Crippen LogP contribution in [-0.4, -0.2) is 36.8 Å². The lowest BCUT2D eigenvalue weighted by Crippen LogP contribution is -2.44. The van der Waals surface area contributed by atoms with Crippen molar-refractivity contribution < 1.29 is 9.90 Å². The first kappa shape index (κ1) is 10.5. The summed E-state index contributed by atoms with van der Waals surface area (Å²) in [6.07, 6.45) is 2.02. The van der Waals surface area contributed by atoms with E-state index in [9.17, 15) is 4.79 Å². The predicted molar refractivity (Wildman–Crippen MR) is 50.3 cm³/mol. The maximum absolute atomic E-state index is 11.5. The first-order valence-electron chi connectivity index (χ1n) is 4.86. The number of carbonyl (C=O) groups is 1. The molecule has 0 aromatic carbocycles. The average molecular weight is 186 g/mol. The smallest absolute Gasteiger partial charge is 0.224 e. The van der Waals surface area contributed by atoms with Crippen LogP contribution in [-0.2, 0) is 4.79 Å². The molecule has 0 saturated carbocycles. The Morgan fingerprint density at radius 1 is 1.77 bits per heavy atom. The zero-order valence-corrected chi connectivity index (χ0v) is 8.05. The topological polar surface area (TPSA) is 61.4 Å². The van der Waals surface area contributed by atoms with Crippen LogP contribution in [0.2, 0.25) is 0 Å². The van der Waals surface area contributed by atoms with E-state index in [0.29, 0.717) is 0 Å². The summed E-state index contributed by atoms with van der Waals surface area (Å²) in [5.41, 5.74) is 0. The fourth-order valence-corrected chi connectivity index (χ4v) is 1.48. The summed E-state index contributed by atoms with van der Waals surface area (Å²) in [4.78, 5) is 11.5. The van der Waals surface area contributed by atoms with Gasteiger partial charge in [0, 0.05) is 12.6 Å². The highest BCUT2D eigenvalue weighted by Crippen LogP contribution is 2.09. The van der Waals surface area contributed by atoms with Crippen molar-refractivity contribution in [3.63, 3.8) is 0 Å². The Hall–Kier alpha value is -0.610. The van der Waals surface area contributed by atoms with Crippen LogP contribution in [0.5, 0.6) is 0 Å². The predicted octanol–water partition coefficient (Wildman–Crippen LogP) is -0.517. The molecule has 1 unspecified atom stereocenters. The van der Waals surface area contributed by atoms with Gasteiger partial charge in [0.1, 0.15) is 0 Å². The lowest BCUT2D eigenvalue weighted by molar-refractivity contribution is -0.126. The number of aliphatic hydroxyl groups is 1. The monoisotopic (exact) mass is 186 g/mol. The number of hydrogen-bond donors (Lipinski definition) is 3. The van der Waals surface area contributed by atoms with Crippen molar-refractivity contribution in [1.29, 1.82) is 0 Å². The van der Waals surface area contributed by atoms with Gasteiger partial charge in [0.25, 0.3) is 0 Å². The third kappa shape index (κ3) is 3.32. The Balaban J connectivity index is 2.29. The van der Waals surface area contributed by atoms with Gasteiger partial charge in [-0.2, -0.15) is 0 Å². The number of rotatable bonds is 3. The summed E-state index contributed by atoms with van der Waals surface area (Å²) < 4.78 is 0. The summed E-state index contributed by atoms with van der Waals surface area (Å²) in [5.74, 6) is 0.150. The van der Waals surface area contributed by atoms with Crippen molar-refractivity contribution in [1.82, 2.24) is 10.6 Å². The first-order chi connectivity index (χ1) is 6.24. The van der Waals surface area contributed by atoms with Crippen molar-refractivity contribution in [3.05, 3.63) is 0 Å². The molecule has 1 aliphatic rings. The Kier molecular flexibility index (Phi) is 4.18. The Labute approximate surface area is 78.7 Å².